The summed E-state index contributed by atoms with van der Waals surface area (Å²) in [7, 11) is 0. The van der Waals surface area contributed by atoms with E-state index in [1.807, 2.05) is 50.2 Å². The number of carboxylic acid groups (broad SMARTS) is 1. The van der Waals surface area contributed by atoms with Gasteiger partial charge in [0.15, 0.2) is 0 Å². The summed E-state index contributed by atoms with van der Waals surface area (Å²) in [6, 6.07) is 14.9. The number of carboxylic acids is 1. The Morgan fingerprint density at radius 1 is 1.09 bits per heavy atom. The Labute approximate surface area is 130 Å². The molecule has 0 aliphatic carbocycles. The predicted octanol–water partition coefficient (Wildman–Crippen LogP) is 3.46. The van der Waals surface area contributed by atoms with Gasteiger partial charge in [0, 0.05) is 18.7 Å². The molecule has 0 radical (unpaired) electrons. The molecule has 0 heterocycles. The fraction of sp³-hybridized carbons (Fsp3) is 0.278. The van der Waals surface area contributed by atoms with Gasteiger partial charge in [-0.25, -0.2) is 4.79 Å². The topological polar surface area (TPSA) is 58.6 Å². The van der Waals surface area contributed by atoms with E-state index >= 15 is 0 Å². The summed E-state index contributed by atoms with van der Waals surface area (Å²) in [4.78, 5) is 10.8. The maximum atomic E-state index is 10.8. The SMILES string of the molecule is CC(C)Oc1ccccc1CNCc1ccc(C(=O)O)cc1. The molecule has 0 amide bonds. The van der Waals surface area contributed by atoms with E-state index in [0.29, 0.717) is 18.7 Å². The molecule has 0 aliphatic heterocycles. The van der Waals surface area contributed by atoms with Crippen LogP contribution in [0.4, 0.5) is 0 Å². The fourth-order valence-corrected chi connectivity index (χ4v) is 2.13. The van der Waals surface area contributed by atoms with Gasteiger partial charge in [0.05, 0.1) is 11.7 Å². The molecule has 0 atom stereocenters. The molecule has 0 saturated heterocycles. The average Bonchev–Trinajstić information content (AvgIpc) is 2.49. The van der Waals surface area contributed by atoms with Crippen molar-refractivity contribution in [3.8, 4) is 5.75 Å². The Kier molecular flexibility index (Phi) is 5.55. The molecule has 0 aliphatic rings. The van der Waals surface area contributed by atoms with Crippen LogP contribution in [0.2, 0.25) is 0 Å². The van der Waals surface area contributed by atoms with Gasteiger partial charge in [0.2, 0.25) is 0 Å². The first kappa shape index (κ1) is 16.0. The van der Waals surface area contributed by atoms with Crippen LogP contribution in [0.5, 0.6) is 5.75 Å². The lowest BCUT2D eigenvalue weighted by Gasteiger charge is -2.14. The number of nitrogens with one attached hydrogen (secondary N) is 1. The first-order valence-electron chi connectivity index (χ1n) is 7.34. The molecule has 0 saturated carbocycles. The van der Waals surface area contributed by atoms with Crippen LogP contribution < -0.4 is 10.1 Å². The number of aromatic carboxylic acids is 1. The van der Waals surface area contributed by atoms with Gasteiger partial charge in [0.1, 0.15) is 5.75 Å². The number of benzene rings is 2. The number of rotatable bonds is 7. The van der Waals surface area contributed by atoms with Crippen LogP contribution in [-0.4, -0.2) is 17.2 Å². The van der Waals surface area contributed by atoms with E-state index in [9.17, 15) is 4.79 Å². The maximum Gasteiger partial charge on any atom is 0.335 e. The van der Waals surface area contributed by atoms with Crippen LogP contribution in [0, 0.1) is 0 Å². The molecule has 22 heavy (non-hydrogen) atoms. The summed E-state index contributed by atoms with van der Waals surface area (Å²) in [6.07, 6.45) is 0.143. The summed E-state index contributed by atoms with van der Waals surface area (Å²) < 4.78 is 5.78. The maximum absolute atomic E-state index is 10.8. The number of ether oxygens (including phenoxy) is 1. The van der Waals surface area contributed by atoms with E-state index < -0.39 is 5.97 Å². The van der Waals surface area contributed by atoms with Crippen molar-refractivity contribution >= 4 is 5.97 Å². The van der Waals surface area contributed by atoms with Gasteiger partial charge in [-0.15, -0.1) is 0 Å². The molecule has 0 bridgehead atoms. The summed E-state index contributed by atoms with van der Waals surface area (Å²) in [6.45, 7) is 5.39. The van der Waals surface area contributed by atoms with E-state index in [1.54, 1.807) is 12.1 Å². The molecule has 4 nitrogen and oxygen atoms in total. The van der Waals surface area contributed by atoms with Crippen molar-refractivity contribution in [3.05, 3.63) is 65.2 Å². The van der Waals surface area contributed by atoms with Crippen molar-refractivity contribution in [2.75, 3.05) is 0 Å². The number of hydrogen-bond donors (Lipinski definition) is 2. The van der Waals surface area contributed by atoms with Gasteiger partial charge in [0.25, 0.3) is 0 Å². The molecule has 0 aromatic heterocycles. The third-order valence-electron chi connectivity index (χ3n) is 3.18. The summed E-state index contributed by atoms with van der Waals surface area (Å²) in [5.74, 6) is -0.00880. The molecule has 0 fully saturated rings. The second-order valence-corrected chi connectivity index (χ2v) is 5.38. The Morgan fingerprint density at radius 2 is 1.77 bits per heavy atom. The minimum absolute atomic E-state index is 0.143. The predicted molar refractivity (Wildman–Crippen MR) is 86.2 cm³/mol. The highest BCUT2D eigenvalue weighted by atomic mass is 16.5. The van der Waals surface area contributed by atoms with E-state index in [4.69, 9.17) is 9.84 Å². The van der Waals surface area contributed by atoms with Gasteiger partial charge in [-0.05, 0) is 37.6 Å². The smallest absolute Gasteiger partial charge is 0.335 e. The Balaban J connectivity index is 1.92. The largest absolute Gasteiger partial charge is 0.491 e. The Bertz CT molecular complexity index is 620. The van der Waals surface area contributed by atoms with E-state index in [-0.39, 0.29) is 6.10 Å². The second-order valence-electron chi connectivity index (χ2n) is 5.38. The third kappa shape index (κ3) is 4.60. The van der Waals surface area contributed by atoms with E-state index in [1.165, 1.54) is 0 Å². The van der Waals surface area contributed by atoms with Gasteiger partial charge >= 0.3 is 5.97 Å². The number of hydrogen-bond acceptors (Lipinski definition) is 3. The van der Waals surface area contributed by atoms with Crippen LogP contribution in [0.15, 0.2) is 48.5 Å². The van der Waals surface area contributed by atoms with Gasteiger partial charge in [-0.3, -0.25) is 0 Å². The van der Waals surface area contributed by atoms with Crippen LogP contribution in [-0.2, 0) is 13.1 Å². The lowest BCUT2D eigenvalue weighted by molar-refractivity contribution is 0.0697. The van der Waals surface area contributed by atoms with E-state index in [0.717, 1.165) is 16.9 Å². The molecule has 2 N–H and O–H groups in total. The number of carbonyl (C=O) groups is 1. The third-order valence-corrected chi connectivity index (χ3v) is 3.18. The second kappa shape index (κ2) is 7.61. The molecule has 0 spiro atoms. The van der Waals surface area contributed by atoms with Crippen molar-refractivity contribution in [1.29, 1.82) is 0 Å². The quantitative estimate of drug-likeness (QED) is 0.822. The molecule has 0 unspecified atom stereocenters. The van der Waals surface area contributed by atoms with Crippen molar-refractivity contribution in [2.45, 2.75) is 33.0 Å². The van der Waals surface area contributed by atoms with Crippen molar-refractivity contribution in [2.24, 2.45) is 0 Å². The van der Waals surface area contributed by atoms with Crippen LogP contribution >= 0.6 is 0 Å². The van der Waals surface area contributed by atoms with Gasteiger partial charge in [-0.2, -0.15) is 0 Å². The highest BCUT2D eigenvalue weighted by Crippen LogP contribution is 2.19. The molecular formula is C18H21NO3. The van der Waals surface area contributed by atoms with Crippen molar-refractivity contribution in [3.63, 3.8) is 0 Å². The fourth-order valence-electron chi connectivity index (χ4n) is 2.13. The monoisotopic (exact) mass is 299 g/mol. The standard InChI is InChI=1S/C18H21NO3/c1-13(2)22-17-6-4-3-5-16(17)12-19-11-14-7-9-15(10-8-14)18(20)21/h3-10,13,19H,11-12H2,1-2H3,(H,20,21). The minimum Gasteiger partial charge on any atom is -0.491 e. The summed E-state index contributed by atoms with van der Waals surface area (Å²) >= 11 is 0. The zero-order valence-corrected chi connectivity index (χ0v) is 12.9. The Hall–Kier alpha value is -2.33. The van der Waals surface area contributed by atoms with Gasteiger partial charge < -0.3 is 15.2 Å². The van der Waals surface area contributed by atoms with Crippen LogP contribution in [0.25, 0.3) is 0 Å². The normalized spacial score (nSPS) is 10.7. The summed E-state index contributed by atoms with van der Waals surface area (Å²) in [5.41, 5.74) is 2.46. The molecule has 2 rings (SSSR count). The van der Waals surface area contributed by atoms with Gasteiger partial charge in [-0.1, -0.05) is 30.3 Å². The molecular weight excluding hydrogens is 278 g/mol. The van der Waals surface area contributed by atoms with Crippen LogP contribution in [0.3, 0.4) is 0 Å². The molecule has 2 aromatic carbocycles. The minimum atomic E-state index is -0.903. The molecule has 116 valence electrons. The lowest BCUT2D eigenvalue weighted by atomic mass is 10.1. The first-order valence-corrected chi connectivity index (χ1v) is 7.34. The van der Waals surface area contributed by atoms with Crippen molar-refractivity contribution < 1.29 is 14.6 Å². The summed E-state index contributed by atoms with van der Waals surface area (Å²) in [5, 5.41) is 12.2. The molecule has 4 heteroatoms. The molecule has 2 aromatic rings. The zero-order chi connectivity index (χ0) is 15.9. The Morgan fingerprint density at radius 3 is 2.41 bits per heavy atom. The average molecular weight is 299 g/mol. The van der Waals surface area contributed by atoms with Crippen molar-refractivity contribution in [1.82, 2.24) is 5.32 Å². The van der Waals surface area contributed by atoms with Crippen LogP contribution in [0.1, 0.15) is 35.3 Å². The number of para-hydroxylation sites is 1. The highest BCUT2D eigenvalue weighted by molar-refractivity contribution is 5.87. The zero-order valence-electron chi connectivity index (χ0n) is 12.9. The first-order chi connectivity index (χ1) is 10.6. The highest BCUT2D eigenvalue weighted by Gasteiger charge is 2.05. The van der Waals surface area contributed by atoms with E-state index in [2.05, 4.69) is 5.32 Å². The lowest BCUT2D eigenvalue weighted by Crippen LogP contribution is -2.15.